The van der Waals surface area contributed by atoms with Gasteiger partial charge in [-0.05, 0) is 43.0 Å². The maximum atomic E-state index is 12.3. The van der Waals surface area contributed by atoms with Crippen molar-refractivity contribution in [1.29, 1.82) is 0 Å². The molecule has 1 aliphatic rings. The second-order valence-electron chi connectivity index (χ2n) is 6.94. The molecule has 1 heterocycles. The number of Topliss-reactive ketones (excluding diaryl/α,β-unsaturated/α-hetero) is 1. The van der Waals surface area contributed by atoms with E-state index in [2.05, 4.69) is 15.5 Å². The van der Waals surface area contributed by atoms with E-state index >= 15 is 0 Å². The van der Waals surface area contributed by atoms with Gasteiger partial charge in [0, 0.05) is 16.9 Å². The number of hydrogen-bond donors (Lipinski definition) is 2. The highest BCUT2D eigenvalue weighted by Gasteiger charge is 2.23. The van der Waals surface area contributed by atoms with Gasteiger partial charge < -0.3 is 5.32 Å². The van der Waals surface area contributed by atoms with Gasteiger partial charge in [0.2, 0.25) is 5.91 Å². The summed E-state index contributed by atoms with van der Waals surface area (Å²) in [4.78, 5) is 23.7. The molecule has 1 aliphatic carbocycles. The van der Waals surface area contributed by atoms with Crippen LogP contribution in [-0.2, 0) is 4.79 Å². The summed E-state index contributed by atoms with van der Waals surface area (Å²) in [6.07, 6.45) is 4.19. The fraction of sp³-hybridized carbons (Fsp3) is 0.286. The molecule has 0 aliphatic heterocycles. The van der Waals surface area contributed by atoms with Gasteiger partial charge in [-0.25, -0.2) is 0 Å². The third-order valence-electron chi connectivity index (χ3n) is 5.16. The van der Waals surface area contributed by atoms with E-state index in [-0.39, 0.29) is 17.6 Å². The Hall–Kier alpha value is -2.95. The van der Waals surface area contributed by atoms with Crippen molar-refractivity contribution in [1.82, 2.24) is 10.2 Å². The van der Waals surface area contributed by atoms with Crippen molar-refractivity contribution in [3.8, 4) is 11.1 Å². The number of aromatic nitrogens is 2. The number of hydrogen-bond acceptors (Lipinski definition) is 3. The van der Waals surface area contributed by atoms with Crippen LogP contribution in [0.5, 0.6) is 0 Å². The summed E-state index contributed by atoms with van der Waals surface area (Å²) in [5.41, 5.74) is 3.64. The molecule has 3 aromatic rings. The van der Waals surface area contributed by atoms with Crippen LogP contribution in [0.25, 0.3) is 22.0 Å². The third kappa shape index (κ3) is 3.12. The molecule has 0 bridgehead atoms. The maximum absolute atomic E-state index is 12.3. The first-order valence-electron chi connectivity index (χ1n) is 9.02. The minimum absolute atomic E-state index is 0.0585. The van der Waals surface area contributed by atoms with E-state index in [1.54, 1.807) is 6.92 Å². The molecular formula is C21H21N3O2. The molecule has 0 atom stereocenters. The molecule has 0 unspecified atom stereocenters. The summed E-state index contributed by atoms with van der Waals surface area (Å²) in [7, 11) is 0. The SMILES string of the molecule is CC(=O)c1ccc(-c2ccc3c(NC(=O)C4CCCC4)n[nH]c3c2)cc1. The van der Waals surface area contributed by atoms with E-state index in [1.165, 1.54) is 0 Å². The molecule has 0 spiro atoms. The molecular weight excluding hydrogens is 326 g/mol. The summed E-state index contributed by atoms with van der Waals surface area (Å²) < 4.78 is 0. The fourth-order valence-corrected chi connectivity index (χ4v) is 3.60. The lowest BCUT2D eigenvalue weighted by molar-refractivity contribution is -0.119. The zero-order valence-corrected chi connectivity index (χ0v) is 14.7. The monoisotopic (exact) mass is 347 g/mol. The number of nitrogens with zero attached hydrogens (tertiary/aromatic N) is 1. The topological polar surface area (TPSA) is 74.8 Å². The Morgan fingerprint density at radius 2 is 1.73 bits per heavy atom. The van der Waals surface area contributed by atoms with Gasteiger partial charge in [0.15, 0.2) is 11.6 Å². The molecule has 132 valence electrons. The Bertz CT molecular complexity index is 967. The molecule has 1 amide bonds. The van der Waals surface area contributed by atoms with Crippen LogP contribution in [0, 0.1) is 5.92 Å². The average molecular weight is 347 g/mol. The lowest BCUT2D eigenvalue weighted by Crippen LogP contribution is -2.20. The quantitative estimate of drug-likeness (QED) is 0.679. The zero-order chi connectivity index (χ0) is 18.1. The predicted molar refractivity (Wildman–Crippen MR) is 102 cm³/mol. The maximum Gasteiger partial charge on any atom is 0.228 e. The van der Waals surface area contributed by atoms with Gasteiger partial charge in [0.25, 0.3) is 0 Å². The van der Waals surface area contributed by atoms with Crippen molar-refractivity contribution >= 4 is 28.4 Å². The standard InChI is InChI=1S/C21H21N3O2/c1-13(25)14-6-8-15(9-7-14)17-10-11-18-19(12-17)23-24-20(18)22-21(26)16-4-2-3-5-16/h6-12,16H,2-5H2,1H3,(H2,22,23,24,26). The van der Waals surface area contributed by atoms with Crippen LogP contribution in [0.3, 0.4) is 0 Å². The number of ketones is 1. The van der Waals surface area contributed by atoms with E-state index < -0.39 is 0 Å². The predicted octanol–water partition coefficient (Wildman–Crippen LogP) is 4.56. The summed E-state index contributed by atoms with van der Waals surface area (Å²) in [5.74, 6) is 0.833. The van der Waals surface area contributed by atoms with Crippen molar-refractivity contribution in [2.75, 3.05) is 5.32 Å². The lowest BCUT2D eigenvalue weighted by Gasteiger charge is -2.08. The van der Waals surface area contributed by atoms with Crippen LogP contribution in [0.4, 0.5) is 5.82 Å². The number of benzene rings is 2. The molecule has 26 heavy (non-hydrogen) atoms. The van der Waals surface area contributed by atoms with Gasteiger partial charge in [-0.15, -0.1) is 0 Å². The smallest absolute Gasteiger partial charge is 0.228 e. The normalized spacial score (nSPS) is 14.7. The molecule has 1 fully saturated rings. The molecule has 0 radical (unpaired) electrons. The van der Waals surface area contributed by atoms with Crippen LogP contribution >= 0.6 is 0 Å². The average Bonchev–Trinajstić information content (AvgIpc) is 3.32. The first-order valence-corrected chi connectivity index (χ1v) is 9.02. The number of aromatic amines is 1. The van der Waals surface area contributed by atoms with Crippen molar-refractivity contribution in [2.24, 2.45) is 5.92 Å². The number of H-pyrrole nitrogens is 1. The molecule has 1 saturated carbocycles. The van der Waals surface area contributed by atoms with E-state index in [1.807, 2.05) is 42.5 Å². The number of amides is 1. The van der Waals surface area contributed by atoms with Crippen LogP contribution in [0.2, 0.25) is 0 Å². The second kappa shape index (κ2) is 6.75. The number of carbonyl (C=O) groups excluding carboxylic acids is 2. The van der Waals surface area contributed by atoms with Crippen molar-refractivity contribution in [3.05, 3.63) is 48.0 Å². The third-order valence-corrected chi connectivity index (χ3v) is 5.16. The zero-order valence-electron chi connectivity index (χ0n) is 14.7. The number of carbonyl (C=O) groups is 2. The van der Waals surface area contributed by atoms with Gasteiger partial charge in [0.05, 0.1) is 5.52 Å². The molecule has 5 nitrogen and oxygen atoms in total. The Balaban J connectivity index is 1.58. The van der Waals surface area contributed by atoms with Gasteiger partial charge in [-0.2, -0.15) is 5.10 Å². The lowest BCUT2D eigenvalue weighted by atomic mass is 10.0. The highest BCUT2D eigenvalue weighted by molar-refractivity contribution is 6.01. The van der Waals surface area contributed by atoms with Crippen molar-refractivity contribution in [2.45, 2.75) is 32.6 Å². The fourth-order valence-electron chi connectivity index (χ4n) is 3.60. The summed E-state index contributed by atoms with van der Waals surface area (Å²) in [6, 6.07) is 13.5. The van der Waals surface area contributed by atoms with Crippen molar-refractivity contribution in [3.63, 3.8) is 0 Å². The molecule has 1 aromatic heterocycles. The van der Waals surface area contributed by atoms with Crippen molar-refractivity contribution < 1.29 is 9.59 Å². The largest absolute Gasteiger partial charge is 0.308 e. The Labute approximate surface area is 151 Å². The minimum atomic E-state index is 0.0585. The van der Waals surface area contributed by atoms with Crippen LogP contribution in [0.15, 0.2) is 42.5 Å². The first kappa shape index (κ1) is 16.5. The summed E-state index contributed by atoms with van der Waals surface area (Å²) in [5, 5.41) is 11.2. The first-order chi connectivity index (χ1) is 12.6. The Morgan fingerprint density at radius 3 is 2.42 bits per heavy atom. The molecule has 2 aromatic carbocycles. The molecule has 5 heteroatoms. The van der Waals surface area contributed by atoms with E-state index in [4.69, 9.17) is 0 Å². The number of nitrogens with one attached hydrogen (secondary N) is 2. The van der Waals surface area contributed by atoms with Gasteiger partial charge >= 0.3 is 0 Å². The van der Waals surface area contributed by atoms with Gasteiger partial charge in [-0.3, -0.25) is 14.7 Å². The van der Waals surface area contributed by atoms with Gasteiger partial charge in [-0.1, -0.05) is 43.2 Å². The van der Waals surface area contributed by atoms with E-state index in [0.29, 0.717) is 11.4 Å². The molecule has 0 saturated heterocycles. The number of rotatable bonds is 4. The molecule has 4 rings (SSSR count). The minimum Gasteiger partial charge on any atom is -0.308 e. The van der Waals surface area contributed by atoms with Crippen LogP contribution in [0.1, 0.15) is 43.0 Å². The number of fused-ring (bicyclic) bond motifs is 1. The highest BCUT2D eigenvalue weighted by atomic mass is 16.2. The number of anilines is 1. The summed E-state index contributed by atoms with van der Waals surface area (Å²) >= 11 is 0. The summed E-state index contributed by atoms with van der Waals surface area (Å²) in [6.45, 7) is 1.56. The van der Waals surface area contributed by atoms with E-state index in [0.717, 1.165) is 47.7 Å². The Morgan fingerprint density at radius 1 is 1.04 bits per heavy atom. The Kier molecular flexibility index (Phi) is 4.29. The second-order valence-corrected chi connectivity index (χ2v) is 6.94. The van der Waals surface area contributed by atoms with Crippen LogP contribution < -0.4 is 5.32 Å². The van der Waals surface area contributed by atoms with Crippen LogP contribution in [-0.4, -0.2) is 21.9 Å². The highest BCUT2D eigenvalue weighted by Crippen LogP contribution is 2.29. The van der Waals surface area contributed by atoms with Gasteiger partial charge in [0.1, 0.15) is 0 Å². The van der Waals surface area contributed by atoms with E-state index in [9.17, 15) is 9.59 Å². The molecule has 2 N–H and O–H groups in total.